The smallest absolute Gasteiger partial charge is 0.304 e. The molecule has 0 saturated heterocycles. The maximum absolute atomic E-state index is 13.2. The third-order valence-corrected chi connectivity index (χ3v) is 5.12. The Morgan fingerprint density at radius 3 is 1.88 bits per heavy atom. The number of hydrogen-bond acceptors (Lipinski definition) is 4. The first-order valence-corrected chi connectivity index (χ1v) is 12.1. The fourth-order valence-electron chi connectivity index (χ4n) is 3.63. The van der Waals surface area contributed by atoms with E-state index in [4.69, 9.17) is 18.9 Å². The van der Waals surface area contributed by atoms with Gasteiger partial charge in [-0.25, -0.2) is 0 Å². The minimum Gasteiger partial charge on any atom is -0.304 e. The number of benzene rings is 1. The Hall–Kier alpha value is -1.15. The second-order valence-corrected chi connectivity index (χ2v) is 7.85. The van der Waals surface area contributed by atoms with Gasteiger partial charge in [-0.1, -0.05) is 70.1 Å². The number of halogens is 3. The van der Waals surface area contributed by atoms with Crippen LogP contribution in [-0.4, -0.2) is 32.1 Å². The molecule has 0 radical (unpaired) electrons. The molecule has 1 rings (SSSR count). The normalized spacial score (nSPS) is 13.5. The van der Waals surface area contributed by atoms with Crippen LogP contribution in [0.4, 0.5) is 13.2 Å². The average molecular weight is 463 g/mol. The van der Waals surface area contributed by atoms with Crippen molar-refractivity contribution in [2.24, 2.45) is 0 Å². The van der Waals surface area contributed by atoms with Crippen molar-refractivity contribution in [3.63, 3.8) is 0 Å². The van der Waals surface area contributed by atoms with E-state index in [0.717, 1.165) is 25.3 Å². The van der Waals surface area contributed by atoms with E-state index in [1.807, 2.05) is 20.8 Å². The number of alkyl halides is 3. The van der Waals surface area contributed by atoms with Crippen molar-refractivity contribution in [1.29, 1.82) is 0 Å². The maximum Gasteiger partial charge on any atom is 0.416 e. The molecule has 0 aromatic heterocycles. The van der Waals surface area contributed by atoms with Crippen molar-refractivity contribution in [1.82, 2.24) is 0 Å². The molecule has 186 valence electrons. The van der Waals surface area contributed by atoms with Crippen LogP contribution in [0.15, 0.2) is 24.3 Å². The van der Waals surface area contributed by atoms with Crippen LogP contribution in [0.5, 0.6) is 0 Å². The maximum atomic E-state index is 13.2. The topological polar surface area (TPSA) is 36.9 Å². The first-order valence-electron chi connectivity index (χ1n) is 12.1. The predicted molar refractivity (Wildman–Crippen MR) is 120 cm³/mol. The zero-order chi connectivity index (χ0) is 23.9. The van der Waals surface area contributed by atoms with Crippen molar-refractivity contribution >= 4 is 0 Å². The summed E-state index contributed by atoms with van der Waals surface area (Å²) < 4.78 is 62.7. The van der Waals surface area contributed by atoms with Gasteiger partial charge in [0.15, 0.2) is 0 Å². The zero-order valence-corrected chi connectivity index (χ0v) is 20.1. The summed E-state index contributed by atoms with van der Waals surface area (Å²) in [5.74, 6) is 0. The molecule has 0 aliphatic heterocycles. The summed E-state index contributed by atoms with van der Waals surface area (Å²) in [4.78, 5) is 0. The number of rotatable bonds is 18. The van der Waals surface area contributed by atoms with Gasteiger partial charge >= 0.3 is 12.3 Å². The Bertz CT molecular complexity index is 590. The van der Waals surface area contributed by atoms with E-state index >= 15 is 0 Å². The minimum absolute atomic E-state index is 0.313. The standard InChI is InChI=1S/C25H41F3O4/c1-5-9-10-11-12-13-14-18-23(32-25(29-6-2,30-7-3)31-8-4)20-21-16-15-17-22(19-21)24(26,27)28/h15-17,19,23H,5-14,18,20H2,1-4H3. The molecule has 1 aromatic carbocycles. The summed E-state index contributed by atoms with van der Waals surface area (Å²) in [5.41, 5.74) is -0.0958. The van der Waals surface area contributed by atoms with E-state index in [1.54, 1.807) is 6.07 Å². The molecule has 0 aliphatic carbocycles. The van der Waals surface area contributed by atoms with Crippen LogP contribution in [-0.2, 0) is 31.5 Å². The summed E-state index contributed by atoms with van der Waals surface area (Å²) in [5, 5.41) is 0. The first-order chi connectivity index (χ1) is 15.3. The van der Waals surface area contributed by atoms with Gasteiger partial charge in [-0.05, 0) is 45.2 Å². The van der Waals surface area contributed by atoms with Crippen LogP contribution in [0.1, 0.15) is 90.2 Å². The summed E-state index contributed by atoms with van der Waals surface area (Å²) in [6, 6.07) is 5.40. The molecule has 0 N–H and O–H groups in total. The Kier molecular flexibility index (Phi) is 14.1. The molecule has 1 unspecified atom stereocenters. The highest BCUT2D eigenvalue weighted by molar-refractivity contribution is 5.26. The van der Waals surface area contributed by atoms with E-state index < -0.39 is 24.0 Å². The molecule has 1 aromatic rings. The predicted octanol–water partition coefficient (Wildman–Crippen LogP) is 7.49. The molecule has 0 heterocycles. The number of ether oxygens (including phenoxy) is 4. The molecular formula is C25H41F3O4. The third kappa shape index (κ3) is 11.1. The lowest BCUT2D eigenvalue weighted by atomic mass is 10.00. The van der Waals surface area contributed by atoms with Gasteiger partial charge in [0.05, 0.1) is 31.5 Å². The quantitative estimate of drug-likeness (QED) is 0.167. The van der Waals surface area contributed by atoms with Crippen molar-refractivity contribution < 1.29 is 32.1 Å². The van der Waals surface area contributed by atoms with E-state index in [9.17, 15) is 13.2 Å². The Morgan fingerprint density at radius 1 is 0.781 bits per heavy atom. The molecule has 0 spiro atoms. The monoisotopic (exact) mass is 462 g/mol. The van der Waals surface area contributed by atoms with E-state index in [2.05, 4.69) is 6.92 Å². The molecule has 1 atom stereocenters. The summed E-state index contributed by atoms with van der Waals surface area (Å²) >= 11 is 0. The first kappa shape index (κ1) is 28.9. The third-order valence-electron chi connectivity index (χ3n) is 5.12. The van der Waals surface area contributed by atoms with E-state index in [0.29, 0.717) is 38.2 Å². The van der Waals surface area contributed by atoms with E-state index in [-0.39, 0.29) is 0 Å². The fourth-order valence-corrected chi connectivity index (χ4v) is 3.63. The molecule has 7 heteroatoms. The van der Waals surface area contributed by atoms with Crippen molar-refractivity contribution in [3.05, 3.63) is 35.4 Å². The van der Waals surface area contributed by atoms with Gasteiger partial charge in [-0.3, -0.25) is 4.74 Å². The number of hydrogen-bond donors (Lipinski definition) is 0. The molecule has 0 fully saturated rings. The second kappa shape index (κ2) is 15.6. The van der Waals surface area contributed by atoms with Gasteiger partial charge in [0.2, 0.25) is 0 Å². The van der Waals surface area contributed by atoms with Gasteiger partial charge in [-0.15, -0.1) is 0 Å². The molecule has 0 bridgehead atoms. The fraction of sp³-hybridized carbons (Fsp3) is 0.760. The van der Waals surface area contributed by atoms with Crippen LogP contribution in [0.2, 0.25) is 0 Å². The SMILES string of the molecule is CCCCCCCCCC(Cc1cccc(C(F)(F)F)c1)OC(OCC)(OCC)OCC. The van der Waals surface area contributed by atoms with Gasteiger partial charge in [0.25, 0.3) is 0 Å². The number of unbranched alkanes of at least 4 members (excludes halogenated alkanes) is 6. The van der Waals surface area contributed by atoms with Crippen LogP contribution in [0.3, 0.4) is 0 Å². The lowest BCUT2D eigenvalue weighted by molar-refractivity contribution is -0.506. The lowest BCUT2D eigenvalue weighted by Gasteiger charge is -2.34. The highest BCUT2D eigenvalue weighted by Crippen LogP contribution is 2.31. The molecule has 0 saturated carbocycles. The minimum atomic E-state index is -4.38. The average Bonchev–Trinajstić information content (AvgIpc) is 2.73. The van der Waals surface area contributed by atoms with Crippen LogP contribution >= 0.6 is 0 Å². The Labute approximate surface area is 191 Å². The van der Waals surface area contributed by atoms with Crippen LogP contribution in [0, 0.1) is 0 Å². The van der Waals surface area contributed by atoms with Crippen molar-refractivity contribution in [3.8, 4) is 0 Å². The Balaban J connectivity index is 2.91. The van der Waals surface area contributed by atoms with Gasteiger partial charge in [0.1, 0.15) is 0 Å². The van der Waals surface area contributed by atoms with E-state index in [1.165, 1.54) is 37.8 Å². The zero-order valence-electron chi connectivity index (χ0n) is 20.1. The highest BCUT2D eigenvalue weighted by atomic mass is 19.4. The molecular weight excluding hydrogens is 421 g/mol. The van der Waals surface area contributed by atoms with Gasteiger partial charge < -0.3 is 14.2 Å². The lowest BCUT2D eigenvalue weighted by Crippen LogP contribution is -2.45. The largest absolute Gasteiger partial charge is 0.416 e. The highest BCUT2D eigenvalue weighted by Gasteiger charge is 2.38. The summed E-state index contributed by atoms with van der Waals surface area (Å²) in [6.45, 7) is 8.57. The molecule has 32 heavy (non-hydrogen) atoms. The molecule has 0 amide bonds. The second-order valence-electron chi connectivity index (χ2n) is 7.85. The van der Waals surface area contributed by atoms with Gasteiger partial charge in [-0.2, -0.15) is 13.2 Å². The van der Waals surface area contributed by atoms with Crippen molar-refractivity contribution in [2.45, 2.75) is 104 Å². The van der Waals surface area contributed by atoms with Crippen LogP contribution in [0.25, 0.3) is 0 Å². The van der Waals surface area contributed by atoms with Crippen molar-refractivity contribution in [2.75, 3.05) is 19.8 Å². The summed E-state index contributed by atoms with van der Waals surface area (Å²) in [7, 11) is 0. The molecule has 0 aliphatic rings. The molecule has 4 nitrogen and oxygen atoms in total. The van der Waals surface area contributed by atoms with Crippen LogP contribution < -0.4 is 0 Å². The summed E-state index contributed by atoms with van der Waals surface area (Å²) in [6.07, 6.45) is 2.57. The Morgan fingerprint density at radius 2 is 1.34 bits per heavy atom. The van der Waals surface area contributed by atoms with Gasteiger partial charge in [0, 0.05) is 0 Å².